The van der Waals surface area contributed by atoms with Crippen LogP contribution in [-0.2, 0) is 17.7 Å². The SMILES string of the molecule is CC(C)(C)Cc1ncnc2c1nc(Cn1cccc([N+](=O)[O-])c1=O)n2C1CCCCO1. The van der Waals surface area contributed by atoms with Crippen LogP contribution in [0.2, 0.25) is 0 Å². The fourth-order valence-corrected chi connectivity index (χ4v) is 3.91. The number of hydrogen-bond donors (Lipinski definition) is 0. The van der Waals surface area contributed by atoms with Crippen LogP contribution in [-0.4, -0.2) is 35.6 Å². The standard InChI is InChI=1S/C21H26N6O4/c1-21(2,3)11-14-18-19(23-13-22-14)26(17-8-4-5-10-31-17)16(24-18)12-25-9-6-7-15(20(25)28)27(29)30/h6-7,9,13,17H,4-5,8,10-12H2,1-3H3. The van der Waals surface area contributed by atoms with Crippen molar-refractivity contribution in [1.82, 2.24) is 24.1 Å². The molecule has 1 aliphatic heterocycles. The lowest BCUT2D eigenvalue weighted by Gasteiger charge is -2.25. The van der Waals surface area contributed by atoms with Gasteiger partial charge < -0.3 is 9.30 Å². The molecule has 0 aliphatic carbocycles. The first kappa shape index (κ1) is 21.1. The van der Waals surface area contributed by atoms with Crippen molar-refractivity contribution in [2.45, 2.75) is 59.2 Å². The van der Waals surface area contributed by atoms with Crippen molar-refractivity contribution in [2.75, 3.05) is 6.61 Å². The van der Waals surface area contributed by atoms with E-state index in [9.17, 15) is 14.9 Å². The van der Waals surface area contributed by atoms with Crippen molar-refractivity contribution in [3.05, 3.63) is 56.6 Å². The van der Waals surface area contributed by atoms with Crippen LogP contribution in [0.5, 0.6) is 0 Å². The predicted octanol–water partition coefficient (Wildman–Crippen LogP) is 3.23. The van der Waals surface area contributed by atoms with Crippen molar-refractivity contribution in [1.29, 1.82) is 0 Å². The molecule has 0 spiro atoms. The molecule has 31 heavy (non-hydrogen) atoms. The number of nitrogens with zero attached hydrogens (tertiary/aromatic N) is 6. The van der Waals surface area contributed by atoms with Gasteiger partial charge >= 0.3 is 11.2 Å². The van der Waals surface area contributed by atoms with Gasteiger partial charge in [-0.2, -0.15) is 0 Å². The zero-order chi connectivity index (χ0) is 22.2. The molecule has 10 heteroatoms. The summed E-state index contributed by atoms with van der Waals surface area (Å²) in [6.07, 6.45) is 6.34. The molecular formula is C21H26N6O4. The van der Waals surface area contributed by atoms with Gasteiger partial charge in [0.2, 0.25) is 0 Å². The van der Waals surface area contributed by atoms with E-state index in [1.807, 2.05) is 4.57 Å². The average Bonchev–Trinajstić information content (AvgIpc) is 3.08. The van der Waals surface area contributed by atoms with E-state index in [0.717, 1.165) is 25.0 Å². The molecule has 3 aromatic rings. The van der Waals surface area contributed by atoms with Gasteiger partial charge in [0.25, 0.3) is 0 Å². The number of aromatic nitrogens is 5. The van der Waals surface area contributed by atoms with Crippen LogP contribution in [0, 0.1) is 15.5 Å². The van der Waals surface area contributed by atoms with Crippen LogP contribution < -0.4 is 5.56 Å². The van der Waals surface area contributed by atoms with Crippen molar-refractivity contribution in [3.63, 3.8) is 0 Å². The summed E-state index contributed by atoms with van der Waals surface area (Å²) in [5, 5.41) is 11.2. The maximum Gasteiger partial charge on any atom is 0.334 e. The number of imidazole rings is 1. The Bertz CT molecular complexity index is 1170. The van der Waals surface area contributed by atoms with E-state index >= 15 is 0 Å². The molecule has 10 nitrogen and oxygen atoms in total. The van der Waals surface area contributed by atoms with E-state index in [1.165, 1.54) is 29.2 Å². The highest BCUT2D eigenvalue weighted by Crippen LogP contribution is 2.30. The predicted molar refractivity (Wildman–Crippen MR) is 114 cm³/mol. The summed E-state index contributed by atoms with van der Waals surface area (Å²) >= 11 is 0. The van der Waals surface area contributed by atoms with E-state index in [2.05, 4.69) is 30.7 Å². The summed E-state index contributed by atoms with van der Waals surface area (Å²) in [5.41, 5.74) is 1.04. The first-order valence-electron chi connectivity index (χ1n) is 10.4. The van der Waals surface area contributed by atoms with Crippen molar-refractivity contribution in [2.24, 2.45) is 5.41 Å². The molecule has 0 amide bonds. The van der Waals surface area contributed by atoms with Crippen LogP contribution in [0.15, 0.2) is 29.5 Å². The zero-order valence-electron chi connectivity index (χ0n) is 17.9. The molecule has 1 atom stereocenters. The molecule has 0 radical (unpaired) electrons. The van der Waals surface area contributed by atoms with Crippen LogP contribution in [0.1, 0.15) is 57.8 Å². The Morgan fingerprint density at radius 1 is 1.29 bits per heavy atom. The maximum atomic E-state index is 12.6. The minimum atomic E-state index is -0.670. The van der Waals surface area contributed by atoms with Crippen molar-refractivity contribution >= 4 is 16.9 Å². The Morgan fingerprint density at radius 3 is 2.77 bits per heavy atom. The molecule has 0 N–H and O–H groups in total. The summed E-state index contributed by atoms with van der Waals surface area (Å²) in [4.78, 5) is 36.9. The minimum Gasteiger partial charge on any atom is -0.358 e. The van der Waals surface area contributed by atoms with Gasteiger partial charge in [-0.3, -0.25) is 19.5 Å². The normalized spacial score (nSPS) is 17.2. The highest BCUT2D eigenvalue weighted by Gasteiger charge is 2.26. The fourth-order valence-electron chi connectivity index (χ4n) is 3.91. The molecule has 1 aliphatic rings. The molecule has 3 aromatic heterocycles. The number of fused-ring (bicyclic) bond motifs is 1. The molecule has 4 heterocycles. The lowest BCUT2D eigenvalue weighted by atomic mass is 9.90. The second kappa shape index (κ2) is 8.18. The van der Waals surface area contributed by atoms with Crippen LogP contribution in [0.3, 0.4) is 0 Å². The Kier molecular flexibility index (Phi) is 5.57. The number of rotatable bonds is 5. The third-order valence-electron chi connectivity index (χ3n) is 5.28. The summed E-state index contributed by atoms with van der Waals surface area (Å²) in [6.45, 7) is 7.11. The third-order valence-corrected chi connectivity index (χ3v) is 5.28. The van der Waals surface area contributed by atoms with Gasteiger partial charge in [-0.25, -0.2) is 15.0 Å². The summed E-state index contributed by atoms with van der Waals surface area (Å²) < 4.78 is 9.23. The van der Waals surface area contributed by atoms with Crippen molar-refractivity contribution < 1.29 is 9.66 Å². The van der Waals surface area contributed by atoms with Gasteiger partial charge in [0.15, 0.2) is 5.65 Å². The Morgan fingerprint density at radius 2 is 2.10 bits per heavy atom. The molecule has 0 bridgehead atoms. The third kappa shape index (κ3) is 4.34. The van der Waals surface area contributed by atoms with E-state index in [-0.39, 0.29) is 18.2 Å². The molecule has 0 saturated carbocycles. The number of ether oxygens (including phenoxy) is 1. The summed E-state index contributed by atoms with van der Waals surface area (Å²) in [7, 11) is 0. The van der Waals surface area contributed by atoms with Crippen LogP contribution in [0.25, 0.3) is 11.2 Å². The van der Waals surface area contributed by atoms with E-state index in [4.69, 9.17) is 9.72 Å². The first-order valence-corrected chi connectivity index (χ1v) is 10.4. The number of hydrogen-bond acceptors (Lipinski definition) is 7. The van der Waals surface area contributed by atoms with E-state index in [0.29, 0.717) is 30.0 Å². The molecule has 1 saturated heterocycles. The molecule has 0 aromatic carbocycles. The second-order valence-electron chi connectivity index (χ2n) is 9.03. The highest BCUT2D eigenvalue weighted by molar-refractivity contribution is 5.74. The van der Waals surface area contributed by atoms with Gasteiger partial charge in [0.05, 0.1) is 17.2 Å². The lowest BCUT2D eigenvalue weighted by Crippen LogP contribution is -2.26. The molecule has 1 fully saturated rings. The fraction of sp³-hybridized carbons (Fsp3) is 0.524. The monoisotopic (exact) mass is 426 g/mol. The minimum absolute atomic E-state index is 0.00352. The van der Waals surface area contributed by atoms with Gasteiger partial charge in [0, 0.05) is 18.9 Å². The topological polar surface area (TPSA) is 118 Å². The first-order chi connectivity index (χ1) is 14.7. The smallest absolute Gasteiger partial charge is 0.334 e. The Labute approximate surface area is 179 Å². The van der Waals surface area contributed by atoms with Crippen LogP contribution >= 0.6 is 0 Å². The molecule has 164 valence electrons. The Hall–Kier alpha value is -3.14. The molecular weight excluding hydrogens is 400 g/mol. The molecule has 4 rings (SSSR count). The highest BCUT2D eigenvalue weighted by atomic mass is 16.6. The largest absolute Gasteiger partial charge is 0.358 e. The number of pyridine rings is 1. The van der Waals surface area contributed by atoms with Crippen molar-refractivity contribution in [3.8, 4) is 0 Å². The van der Waals surface area contributed by atoms with Crippen LogP contribution in [0.4, 0.5) is 5.69 Å². The maximum absolute atomic E-state index is 12.6. The quantitative estimate of drug-likeness (QED) is 0.454. The number of nitro groups is 1. The van der Waals surface area contributed by atoms with Gasteiger partial charge in [-0.15, -0.1) is 0 Å². The zero-order valence-corrected chi connectivity index (χ0v) is 17.9. The second-order valence-corrected chi connectivity index (χ2v) is 9.03. The van der Waals surface area contributed by atoms with Gasteiger partial charge in [-0.05, 0) is 37.2 Å². The van der Waals surface area contributed by atoms with Gasteiger partial charge in [0.1, 0.15) is 23.9 Å². The summed E-state index contributed by atoms with van der Waals surface area (Å²) in [5.74, 6) is 0.570. The summed E-state index contributed by atoms with van der Waals surface area (Å²) in [6, 6.07) is 2.70. The van der Waals surface area contributed by atoms with Gasteiger partial charge in [-0.1, -0.05) is 20.8 Å². The molecule has 1 unspecified atom stereocenters. The average molecular weight is 426 g/mol. The van der Waals surface area contributed by atoms with E-state index < -0.39 is 16.2 Å². The van der Waals surface area contributed by atoms with E-state index in [1.54, 1.807) is 0 Å². The lowest BCUT2D eigenvalue weighted by molar-refractivity contribution is -0.386. The Balaban J connectivity index is 1.85.